The average Bonchev–Trinajstić information content (AvgIpc) is 2.64. The van der Waals surface area contributed by atoms with Gasteiger partial charge in [0.25, 0.3) is 0 Å². The summed E-state index contributed by atoms with van der Waals surface area (Å²) in [5.74, 6) is -0.407. The monoisotopic (exact) mass is 212 g/mol. The summed E-state index contributed by atoms with van der Waals surface area (Å²) in [7, 11) is 0. The van der Waals surface area contributed by atoms with Crippen molar-refractivity contribution in [3.8, 4) is 0 Å². The lowest BCUT2D eigenvalue weighted by molar-refractivity contribution is -0.200. The molecule has 1 saturated heterocycles. The van der Waals surface area contributed by atoms with Gasteiger partial charge in [0.1, 0.15) is 11.7 Å². The van der Waals surface area contributed by atoms with E-state index in [4.69, 9.17) is 9.47 Å². The van der Waals surface area contributed by atoms with Crippen molar-refractivity contribution in [1.29, 1.82) is 0 Å². The summed E-state index contributed by atoms with van der Waals surface area (Å²) in [6.45, 7) is 5.81. The van der Waals surface area contributed by atoms with Gasteiger partial charge in [-0.1, -0.05) is 12.5 Å². The van der Waals surface area contributed by atoms with Crippen LogP contribution in [-0.4, -0.2) is 29.2 Å². The topological polar surface area (TPSA) is 38.7 Å². The summed E-state index contributed by atoms with van der Waals surface area (Å²) in [5, 5.41) is 10.0. The molecule has 2 atom stereocenters. The Bertz CT molecular complexity index is 241. The Morgan fingerprint density at radius 2 is 2.07 bits per heavy atom. The second-order valence-electron chi connectivity index (χ2n) is 4.82. The van der Waals surface area contributed by atoms with Crippen LogP contribution in [0, 0.1) is 0 Å². The predicted molar refractivity (Wildman–Crippen MR) is 57.5 cm³/mol. The van der Waals surface area contributed by atoms with E-state index >= 15 is 0 Å². The van der Waals surface area contributed by atoms with E-state index in [0.717, 1.165) is 25.7 Å². The molecular weight excluding hydrogens is 192 g/mol. The zero-order valence-corrected chi connectivity index (χ0v) is 9.37. The molecule has 0 bridgehead atoms. The number of aliphatic hydroxyl groups is 1. The molecule has 2 fully saturated rings. The van der Waals surface area contributed by atoms with Gasteiger partial charge in [0.15, 0.2) is 5.79 Å². The number of hydrogen-bond acceptors (Lipinski definition) is 3. The van der Waals surface area contributed by atoms with Crippen molar-refractivity contribution in [2.45, 2.75) is 56.5 Å². The molecule has 0 aromatic heterocycles. The molecule has 0 aromatic carbocycles. The Balaban J connectivity index is 2.02. The first-order valence-corrected chi connectivity index (χ1v) is 5.76. The zero-order valence-electron chi connectivity index (χ0n) is 9.37. The summed E-state index contributed by atoms with van der Waals surface area (Å²) in [6.07, 6.45) is 6.74. The second-order valence-corrected chi connectivity index (χ2v) is 4.82. The van der Waals surface area contributed by atoms with Crippen molar-refractivity contribution < 1.29 is 14.6 Å². The summed E-state index contributed by atoms with van der Waals surface area (Å²) in [4.78, 5) is 0. The minimum absolute atomic E-state index is 0.270. The molecule has 0 radical (unpaired) electrons. The molecule has 1 saturated carbocycles. The summed E-state index contributed by atoms with van der Waals surface area (Å²) in [5.41, 5.74) is -0.985. The predicted octanol–water partition coefficient (Wildman–Crippen LogP) is 2.00. The maximum absolute atomic E-state index is 10.0. The van der Waals surface area contributed by atoms with E-state index in [0.29, 0.717) is 6.61 Å². The Hall–Kier alpha value is -0.380. The Kier molecular flexibility index (Phi) is 2.88. The maximum Gasteiger partial charge on any atom is 0.169 e. The number of ether oxygens (including phenoxy) is 2. The fraction of sp³-hybridized carbons (Fsp3) is 0.833. The number of hydrogen-bond donors (Lipinski definition) is 1. The van der Waals surface area contributed by atoms with Gasteiger partial charge in [0.2, 0.25) is 0 Å². The van der Waals surface area contributed by atoms with Gasteiger partial charge in [-0.15, -0.1) is 6.58 Å². The van der Waals surface area contributed by atoms with Gasteiger partial charge in [0.05, 0.1) is 6.61 Å². The SMILES string of the molecule is C=C[C@@](C)(O)[C@H]1COC2(CCCCC2)O1. The minimum Gasteiger partial charge on any atom is -0.383 e. The van der Waals surface area contributed by atoms with E-state index in [9.17, 15) is 5.11 Å². The van der Waals surface area contributed by atoms with Crippen molar-refractivity contribution in [1.82, 2.24) is 0 Å². The normalized spacial score (nSPS) is 33.9. The van der Waals surface area contributed by atoms with E-state index in [-0.39, 0.29) is 6.10 Å². The molecule has 86 valence electrons. The summed E-state index contributed by atoms with van der Waals surface area (Å²) >= 11 is 0. The van der Waals surface area contributed by atoms with Gasteiger partial charge in [-0.3, -0.25) is 0 Å². The second kappa shape index (κ2) is 3.89. The van der Waals surface area contributed by atoms with E-state index in [1.165, 1.54) is 12.5 Å². The van der Waals surface area contributed by atoms with Crippen molar-refractivity contribution >= 4 is 0 Å². The van der Waals surface area contributed by atoms with E-state index < -0.39 is 11.4 Å². The summed E-state index contributed by atoms with van der Waals surface area (Å²) < 4.78 is 11.7. The van der Waals surface area contributed by atoms with Crippen LogP contribution in [0.1, 0.15) is 39.0 Å². The Labute approximate surface area is 91.1 Å². The molecule has 0 unspecified atom stereocenters. The van der Waals surface area contributed by atoms with Gasteiger partial charge in [-0.05, 0) is 19.8 Å². The van der Waals surface area contributed by atoms with Crippen LogP contribution in [0.2, 0.25) is 0 Å². The molecule has 2 rings (SSSR count). The van der Waals surface area contributed by atoms with Crippen LogP contribution < -0.4 is 0 Å². The third-order valence-electron chi connectivity index (χ3n) is 3.54. The highest BCUT2D eigenvalue weighted by molar-refractivity contribution is 5.01. The largest absolute Gasteiger partial charge is 0.383 e. The van der Waals surface area contributed by atoms with Crippen molar-refractivity contribution in [2.75, 3.05) is 6.61 Å². The van der Waals surface area contributed by atoms with Gasteiger partial charge < -0.3 is 14.6 Å². The first kappa shape index (κ1) is 11.1. The molecule has 3 heteroatoms. The lowest BCUT2D eigenvalue weighted by atomic mass is 9.94. The highest BCUT2D eigenvalue weighted by Crippen LogP contribution is 2.40. The van der Waals surface area contributed by atoms with Gasteiger partial charge in [0, 0.05) is 12.8 Å². The molecule has 2 aliphatic rings. The first-order chi connectivity index (χ1) is 7.08. The smallest absolute Gasteiger partial charge is 0.169 e. The molecule has 3 nitrogen and oxygen atoms in total. The minimum atomic E-state index is -0.985. The molecule has 1 heterocycles. The average molecular weight is 212 g/mol. The Morgan fingerprint density at radius 3 is 2.67 bits per heavy atom. The molecule has 0 amide bonds. The van der Waals surface area contributed by atoms with Crippen molar-refractivity contribution in [3.05, 3.63) is 12.7 Å². The molecule has 1 N–H and O–H groups in total. The zero-order chi connectivity index (χ0) is 10.9. The van der Waals surface area contributed by atoms with Gasteiger partial charge in [-0.25, -0.2) is 0 Å². The lowest BCUT2D eigenvalue weighted by Gasteiger charge is -2.33. The fourth-order valence-electron chi connectivity index (χ4n) is 2.33. The third kappa shape index (κ3) is 2.10. The molecule has 0 aromatic rings. The molecule has 1 aliphatic heterocycles. The van der Waals surface area contributed by atoms with E-state index in [2.05, 4.69) is 6.58 Å². The summed E-state index contributed by atoms with van der Waals surface area (Å²) in [6, 6.07) is 0. The Morgan fingerprint density at radius 1 is 1.40 bits per heavy atom. The van der Waals surface area contributed by atoms with Crippen molar-refractivity contribution in [2.24, 2.45) is 0 Å². The molecule has 15 heavy (non-hydrogen) atoms. The van der Waals surface area contributed by atoms with E-state index in [1.54, 1.807) is 6.92 Å². The van der Waals surface area contributed by atoms with E-state index in [1.807, 2.05) is 0 Å². The van der Waals surface area contributed by atoms with Crippen LogP contribution in [0.15, 0.2) is 12.7 Å². The standard InChI is InChI=1S/C12H20O3/c1-3-11(2,13)10-9-14-12(15-10)7-5-4-6-8-12/h3,10,13H,1,4-9H2,2H3/t10-,11-/m1/s1. The van der Waals surface area contributed by atoms with Crippen LogP contribution in [0.5, 0.6) is 0 Å². The van der Waals surface area contributed by atoms with Crippen LogP contribution in [0.4, 0.5) is 0 Å². The third-order valence-corrected chi connectivity index (χ3v) is 3.54. The quantitative estimate of drug-likeness (QED) is 0.711. The van der Waals surface area contributed by atoms with Crippen LogP contribution in [0.3, 0.4) is 0 Å². The van der Waals surface area contributed by atoms with Crippen molar-refractivity contribution in [3.63, 3.8) is 0 Å². The highest BCUT2D eigenvalue weighted by atomic mass is 16.7. The molecular formula is C12H20O3. The lowest BCUT2D eigenvalue weighted by Crippen LogP contribution is -2.41. The van der Waals surface area contributed by atoms with Crippen LogP contribution in [0.25, 0.3) is 0 Å². The van der Waals surface area contributed by atoms with Gasteiger partial charge in [-0.2, -0.15) is 0 Å². The molecule has 1 aliphatic carbocycles. The maximum atomic E-state index is 10.0. The molecule has 1 spiro atoms. The fourth-order valence-corrected chi connectivity index (χ4v) is 2.33. The van der Waals surface area contributed by atoms with Crippen LogP contribution in [-0.2, 0) is 9.47 Å². The van der Waals surface area contributed by atoms with Gasteiger partial charge >= 0.3 is 0 Å². The van der Waals surface area contributed by atoms with Crippen LogP contribution >= 0.6 is 0 Å². The first-order valence-electron chi connectivity index (χ1n) is 5.76. The number of rotatable bonds is 2. The highest BCUT2D eigenvalue weighted by Gasteiger charge is 2.47.